The van der Waals surface area contributed by atoms with Gasteiger partial charge in [-0.3, -0.25) is 4.79 Å². The number of carbonyl (C=O) groups excluding carboxylic acids is 1. The molecule has 0 saturated heterocycles. The Labute approximate surface area is 97.8 Å². The largest absolute Gasteiger partial charge is 0.490 e. The van der Waals surface area contributed by atoms with Crippen LogP contribution in [0.15, 0.2) is 11.8 Å². The average Bonchev–Trinajstić information content (AvgIpc) is 2.36. The SMILES string of the molecule is CCOC(CC)(CC)C(=O)C1=CCCCO1. The third kappa shape index (κ3) is 2.64. The number of Topliss-reactive ketones (excluding diaryl/α,β-unsaturated/α-hetero) is 1. The quantitative estimate of drug-likeness (QED) is 0.698. The van der Waals surface area contributed by atoms with Crippen molar-refractivity contribution >= 4 is 5.78 Å². The first-order valence-electron chi connectivity index (χ1n) is 6.22. The van der Waals surface area contributed by atoms with Crippen molar-refractivity contribution in [2.75, 3.05) is 13.2 Å². The van der Waals surface area contributed by atoms with E-state index in [2.05, 4.69) is 0 Å². The number of ether oxygens (including phenoxy) is 2. The van der Waals surface area contributed by atoms with E-state index in [1.54, 1.807) is 0 Å². The molecule has 1 rings (SSSR count). The molecular formula is C13H22O3. The number of carbonyl (C=O) groups is 1. The fourth-order valence-electron chi connectivity index (χ4n) is 2.06. The highest BCUT2D eigenvalue weighted by Gasteiger charge is 2.38. The molecule has 0 aromatic rings. The fraction of sp³-hybridized carbons (Fsp3) is 0.769. The Morgan fingerprint density at radius 2 is 2.12 bits per heavy atom. The lowest BCUT2D eigenvalue weighted by Crippen LogP contribution is -2.42. The van der Waals surface area contributed by atoms with E-state index in [-0.39, 0.29) is 5.78 Å². The van der Waals surface area contributed by atoms with Crippen LogP contribution in [0.5, 0.6) is 0 Å². The molecule has 1 aliphatic rings. The molecule has 0 radical (unpaired) electrons. The van der Waals surface area contributed by atoms with Gasteiger partial charge in [-0.2, -0.15) is 0 Å². The molecular weight excluding hydrogens is 204 g/mol. The zero-order chi connectivity index (χ0) is 12.0. The maximum absolute atomic E-state index is 12.4. The number of rotatable bonds is 6. The average molecular weight is 226 g/mol. The predicted molar refractivity (Wildman–Crippen MR) is 63.2 cm³/mol. The summed E-state index contributed by atoms with van der Waals surface area (Å²) in [6.07, 6.45) is 5.20. The van der Waals surface area contributed by atoms with E-state index in [0.717, 1.165) is 12.8 Å². The lowest BCUT2D eigenvalue weighted by Gasteiger charge is -2.31. The Balaban J connectivity index is 2.84. The van der Waals surface area contributed by atoms with Gasteiger partial charge >= 0.3 is 0 Å². The van der Waals surface area contributed by atoms with E-state index in [0.29, 0.717) is 31.8 Å². The normalized spacial score (nSPS) is 16.6. The van der Waals surface area contributed by atoms with Gasteiger partial charge in [-0.1, -0.05) is 13.8 Å². The smallest absolute Gasteiger partial charge is 0.228 e. The molecule has 0 aromatic heterocycles. The molecule has 0 atom stereocenters. The third-order valence-corrected chi connectivity index (χ3v) is 3.14. The van der Waals surface area contributed by atoms with Crippen LogP contribution in [0.25, 0.3) is 0 Å². The first kappa shape index (κ1) is 13.2. The molecule has 92 valence electrons. The van der Waals surface area contributed by atoms with Gasteiger partial charge in [-0.25, -0.2) is 0 Å². The number of ketones is 1. The summed E-state index contributed by atoms with van der Waals surface area (Å²) in [6.45, 7) is 7.10. The zero-order valence-electron chi connectivity index (χ0n) is 10.5. The first-order valence-corrected chi connectivity index (χ1v) is 6.22. The lowest BCUT2D eigenvalue weighted by atomic mass is 9.90. The van der Waals surface area contributed by atoms with E-state index in [1.165, 1.54) is 0 Å². The second-order valence-electron chi connectivity index (χ2n) is 4.02. The Morgan fingerprint density at radius 3 is 2.56 bits per heavy atom. The second kappa shape index (κ2) is 6.04. The lowest BCUT2D eigenvalue weighted by molar-refractivity contribution is -0.145. The molecule has 0 amide bonds. The summed E-state index contributed by atoms with van der Waals surface area (Å²) >= 11 is 0. The highest BCUT2D eigenvalue weighted by atomic mass is 16.5. The van der Waals surface area contributed by atoms with Crippen molar-refractivity contribution in [3.05, 3.63) is 11.8 Å². The summed E-state index contributed by atoms with van der Waals surface area (Å²) in [6, 6.07) is 0. The zero-order valence-corrected chi connectivity index (χ0v) is 10.5. The monoisotopic (exact) mass is 226 g/mol. The molecule has 0 aromatic carbocycles. The van der Waals surface area contributed by atoms with Gasteiger partial charge in [0.25, 0.3) is 0 Å². The molecule has 1 aliphatic heterocycles. The van der Waals surface area contributed by atoms with Crippen molar-refractivity contribution in [2.24, 2.45) is 0 Å². The van der Waals surface area contributed by atoms with E-state index < -0.39 is 5.60 Å². The van der Waals surface area contributed by atoms with Crippen molar-refractivity contribution in [3.8, 4) is 0 Å². The molecule has 1 heterocycles. The van der Waals surface area contributed by atoms with E-state index >= 15 is 0 Å². The van der Waals surface area contributed by atoms with Gasteiger partial charge in [0.1, 0.15) is 5.60 Å². The molecule has 0 spiro atoms. The highest BCUT2D eigenvalue weighted by Crippen LogP contribution is 2.27. The summed E-state index contributed by atoms with van der Waals surface area (Å²) < 4.78 is 11.1. The number of hydrogen-bond acceptors (Lipinski definition) is 3. The standard InChI is InChI=1S/C13H22O3/c1-4-13(5-2,16-6-3)12(14)11-9-7-8-10-15-11/h9H,4-8,10H2,1-3H3. The Hall–Kier alpha value is -0.830. The summed E-state index contributed by atoms with van der Waals surface area (Å²) in [5.41, 5.74) is -0.683. The molecule has 3 nitrogen and oxygen atoms in total. The summed E-state index contributed by atoms with van der Waals surface area (Å²) in [7, 11) is 0. The van der Waals surface area contributed by atoms with Crippen molar-refractivity contribution in [1.29, 1.82) is 0 Å². The van der Waals surface area contributed by atoms with Crippen LogP contribution >= 0.6 is 0 Å². The first-order chi connectivity index (χ1) is 7.70. The van der Waals surface area contributed by atoms with Gasteiger partial charge in [0.2, 0.25) is 5.78 Å². The molecule has 0 N–H and O–H groups in total. The van der Waals surface area contributed by atoms with Gasteiger partial charge < -0.3 is 9.47 Å². The minimum Gasteiger partial charge on any atom is -0.490 e. The van der Waals surface area contributed by atoms with Gasteiger partial charge in [-0.15, -0.1) is 0 Å². The van der Waals surface area contributed by atoms with Gasteiger partial charge in [-0.05, 0) is 38.7 Å². The topological polar surface area (TPSA) is 35.5 Å². The molecule has 0 aliphatic carbocycles. The van der Waals surface area contributed by atoms with Crippen molar-refractivity contribution in [3.63, 3.8) is 0 Å². The van der Waals surface area contributed by atoms with Crippen LogP contribution in [-0.2, 0) is 14.3 Å². The summed E-state index contributed by atoms with van der Waals surface area (Å²) in [5, 5.41) is 0. The Kier molecular flexibility index (Phi) is 5.00. The minimum atomic E-state index is -0.683. The van der Waals surface area contributed by atoms with Crippen molar-refractivity contribution in [2.45, 2.75) is 52.1 Å². The van der Waals surface area contributed by atoms with E-state index in [1.807, 2.05) is 26.8 Å². The van der Waals surface area contributed by atoms with Crippen molar-refractivity contribution in [1.82, 2.24) is 0 Å². The third-order valence-electron chi connectivity index (χ3n) is 3.14. The summed E-state index contributed by atoms with van der Waals surface area (Å²) in [5.74, 6) is 0.516. The van der Waals surface area contributed by atoms with Crippen LogP contribution in [0.4, 0.5) is 0 Å². The van der Waals surface area contributed by atoms with Crippen LogP contribution < -0.4 is 0 Å². The molecule has 0 fully saturated rings. The fourth-order valence-corrected chi connectivity index (χ4v) is 2.06. The molecule has 0 unspecified atom stereocenters. The van der Waals surface area contributed by atoms with Gasteiger partial charge in [0.05, 0.1) is 6.61 Å². The number of hydrogen-bond donors (Lipinski definition) is 0. The van der Waals surface area contributed by atoms with Crippen LogP contribution in [0.3, 0.4) is 0 Å². The van der Waals surface area contributed by atoms with E-state index in [9.17, 15) is 4.79 Å². The van der Waals surface area contributed by atoms with Gasteiger partial charge in [0.15, 0.2) is 5.76 Å². The molecule has 16 heavy (non-hydrogen) atoms. The maximum Gasteiger partial charge on any atom is 0.228 e. The van der Waals surface area contributed by atoms with E-state index in [4.69, 9.17) is 9.47 Å². The number of allylic oxidation sites excluding steroid dienone is 1. The Morgan fingerprint density at radius 1 is 1.44 bits per heavy atom. The molecule has 0 bridgehead atoms. The highest BCUT2D eigenvalue weighted by molar-refractivity contribution is 6.00. The van der Waals surface area contributed by atoms with Crippen LogP contribution in [0, 0.1) is 0 Å². The minimum absolute atomic E-state index is 0.0130. The van der Waals surface area contributed by atoms with Crippen molar-refractivity contribution < 1.29 is 14.3 Å². The maximum atomic E-state index is 12.4. The van der Waals surface area contributed by atoms with Crippen LogP contribution in [0.1, 0.15) is 46.5 Å². The predicted octanol–water partition coefficient (Wildman–Crippen LogP) is 2.85. The van der Waals surface area contributed by atoms with Gasteiger partial charge in [0, 0.05) is 6.61 Å². The van der Waals surface area contributed by atoms with Crippen LogP contribution in [0.2, 0.25) is 0 Å². The second-order valence-corrected chi connectivity index (χ2v) is 4.02. The molecule has 0 saturated carbocycles. The van der Waals surface area contributed by atoms with Crippen LogP contribution in [-0.4, -0.2) is 24.6 Å². The Bertz CT molecular complexity index is 264. The summed E-state index contributed by atoms with van der Waals surface area (Å²) in [4.78, 5) is 12.4. The molecule has 3 heteroatoms.